The van der Waals surface area contributed by atoms with E-state index in [0.29, 0.717) is 36.4 Å². The SMILES string of the molecule is CC(N)c1nc(N2CCOCC2)nn1-c1ccc(C#N)cn1. The Kier molecular flexibility index (Phi) is 4.00. The molecule has 1 fully saturated rings. The normalized spacial score (nSPS) is 16.3. The van der Waals surface area contributed by atoms with Gasteiger partial charge in [0.05, 0.1) is 24.8 Å². The molecule has 0 aliphatic carbocycles. The van der Waals surface area contributed by atoms with Crippen molar-refractivity contribution in [3.05, 3.63) is 29.7 Å². The standard InChI is InChI=1S/C14H17N7O/c1-10(16)13-18-14(20-4-6-22-7-5-20)19-21(13)12-3-2-11(8-15)9-17-12/h2-3,9-10H,4-7,16H2,1H3. The van der Waals surface area contributed by atoms with Crippen molar-refractivity contribution in [1.29, 1.82) is 5.26 Å². The first-order chi connectivity index (χ1) is 10.7. The zero-order valence-electron chi connectivity index (χ0n) is 12.3. The molecule has 22 heavy (non-hydrogen) atoms. The van der Waals surface area contributed by atoms with Crippen LogP contribution in [0.5, 0.6) is 0 Å². The number of nitrogens with two attached hydrogens (primary N) is 1. The quantitative estimate of drug-likeness (QED) is 0.873. The van der Waals surface area contributed by atoms with Crippen molar-refractivity contribution < 1.29 is 4.74 Å². The molecule has 1 aliphatic heterocycles. The second-order valence-corrected chi connectivity index (χ2v) is 5.09. The van der Waals surface area contributed by atoms with Gasteiger partial charge in [0.2, 0.25) is 5.95 Å². The summed E-state index contributed by atoms with van der Waals surface area (Å²) in [5.41, 5.74) is 6.50. The highest BCUT2D eigenvalue weighted by Gasteiger charge is 2.21. The van der Waals surface area contributed by atoms with E-state index in [2.05, 4.69) is 20.0 Å². The number of hydrogen-bond acceptors (Lipinski definition) is 7. The number of rotatable bonds is 3. The highest BCUT2D eigenvalue weighted by Crippen LogP contribution is 2.18. The summed E-state index contributed by atoms with van der Waals surface area (Å²) in [6.07, 6.45) is 1.51. The lowest BCUT2D eigenvalue weighted by Gasteiger charge is -2.25. The largest absolute Gasteiger partial charge is 0.378 e. The van der Waals surface area contributed by atoms with Gasteiger partial charge in [-0.25, -0.2) is 4.98 Å². The fourth-order valence-electron chi connectivity index (χ4n) is 2.25. The molecular weight excluding hydrogens is 282 g/mol. The molecule has 114 valence electrons. The Hall–Kier alpha value is -2.50. The Morgan fingerprint density at radius 2 is 2.14 bits per heavy atom. The molecule has 0 spiro atoms. The predicted molar refractivity (Wildman–Crippen MR) is 79.5 cm³/mol. The maximum atomic E-state index is 8.85. The third-order valence-electron chi connectivity index (χ3n) is 3.42. The predicted octanol–water partition coefficient (Wildman–Crippen LogP) is 0.390. The summed E-state index contributed by atoms with van der Waals surface area (Å²) < 4.78 is 6.98. The molecule has 1 unspecified atom stereocenters. The summed E-state index contributed by atoms with van der Waals surface area (Å²) in [5, 5.41) is 13.4. The molecule has 0 bridgehead atoms. The average molecular weight is 299 g/mol. The molecule has 2 aromatic rings. The van der Waals surface area contributed by atoms with E-state index in [1.54, 1.807) is 16.8 Å². The van der Waals surface area contributed by atoms with Crippen molar-refractivity contribution in [2.75, 3.05) is 31.2 Å². The Morgan fingerprint density at radius 3 is 2.73 bits per heavy atom. The second-order valence-electron chi connectivity index (χ2n) is 5.09. The Morgan fingerprint density at radius 1 is 1.36 bits per heavy atom. The van der Waals surface area contributed by atoms with E-state index in [-0.39, 0.29) is 6.04 Å². The number of morpholine rings is 1. The summed E-state index contributed by atoms with van der Waals surface area (Å²) in [6, 6.07) is 5.20. The molecular formula is C14H17N7O. The van der Waals surface area contributed by atoms with Crippen molar-refractivity contribution in [3.8, 4) is 11.9 Å². The third-order valence-corrected chi connectivity index (χ3v) is 3.42. The summed E-state index contributed by atoms with van der Waals surface area (Å²) in [5.74, 6) is 1.86. The van der Waals surface area contributed by atoms with Gasteiger partial charge >= 0.3 is 0 Å². The van der Waals surface area contributed by atoms with Crippen LogP contribution in [-0.4, -0.2) is 46.1 Å². The summed E-state index contributed by atoms with van der Waals surface area (Å²) in [6.45, 7) is 4.69. The van der Waals surface area contributed by atoms with Gasteiger partial charge in [0.1, 0.15) is 6.07 Å². The maximum Gasteiger partial charge on any atom is 0.245 e. The topological polar surface area (TPSA) is 106 Å². The number of aromatic nitrogens is 4. The van der Waals surface area contributed by atoms with E-state index in [0.717, 1.165) is 13.1 Å². The van der Waals surface area contributed by atoms with Crippen LogP contribution in [0.15, 0.2) is 18.3 Å². The van der Waals surface area contributed by atoms with Crippen LogP contribution in [0, 0.1) is 11.3 Å². The van der Waals surface area contributed by atoms with Crippen LogP contribution in [0.1, 0.15) is 24.4 Å². The molecule has 1 atom stereocenters. The second kappa shape index (κ2) is 6.09. The molecule has 2 N–H and O–H groups in total. The van der Waals surface area contributed by atoms with E-state index in [9.17, 15) is 0 Å². The summed E-state index contributed by atoms with van der Waals surface area (Å²) in [4.78, 5) is 10.9. The lowest BCUT2D eigenvalue weighted by atomic mass is 10.3. The third kappa shape index (κ3) is 2.77. The van der Waals surface area contributed by atoms with Gasteiger partial charge in [-0.2, -0.15) is 14.9 Å². The number of nitriles is 1. The molecule has 1 aliphatic rings. The van der Waals surface area contributed by atoms with Gasteiger partial charge in [-0.1, -0.05) is 0 Å². The first-order valence-corrected chi connectivity index (χ1v) is 7.11. The van der Waals surface area contributed by atoms with Crippen molar-refractivity contribution in [2.24, 2.45) is 5.73 Å². The lowest BCUT2D eigenvalue weighted by molar-refractivity contribution is 0.122. The molecule has 8 heteroatoms. The molecule has 0 aromatic carbocycles. The Bertz CT molecular complexity index is 680. The maximum absolute atomic E-state index is 8.85. The molecule has 0 saturated carbocycles. The molecule has 0 amide bonds. The van der Waals surface area contributed by atoms with Gasteiger partial charge in [0.25, 0.3) is 0 Å². The smallest absolute Gasteiger partial charge is 0.245 e. The molecule has 8 nitrogen and oxygen atoms in total. The first kappa shape index (κ1) is 14.4. The number of nitrogens with zero attached hydrogens (tertiary/aromatic N) is 6. The summed E-state index contributed by atoms with van der Waals surface area (Å²) >= 11 is 0. The van der Waals surface area contributed by atoms with Crippen LogP contribution in [0.2, 0.25) is 0 Å². The van der Waals surface area contributed by atoms with Crippen LogP contribution in [-0.2, 0) is 4.74 Å². The van der Waals surface area contributed by atoms with Crippen molar-refractivity contribution in [1.82, 2.24) is 19.7 Å². The van der Waals surface area contributed by atoms with Crippen LogP contribution in [0.4, 0.5) is 5.95 Å². The van der Waals surface area contributed by atoms with Crippen molar-refractivity contribution in [3.63, 3.8) is 0 Å². The van der Waals surface area contributed by atoms with Crippen LogP contribution >= 0.6 is 0 Å². The molecule has 1 saturated heterocycles. The first-order valence-electron chi connectivity index (χ1n) is 7.11. The number of ether oxygens (including phenoxy) is 1. The zero-order chi connectivity index (χ0) is 15.5. The number of hydrogen-bond donors (Lipinski definition) is 1. The van der Waals surface area contributed by atoms with Crippen LogP contribution < -0.4 is 10.6 Å². The highest BCUT2D eigenvalue weighted by atomic mass is 16.5. The van der Waals surface area contributed by atoms with Crippen LogP contribution in [0.3, 0.4) is 0 Å². The van der Waals surface area contributed by atoms with E-state index < -0.39 is 0 Å². The fraction of sp³-hybridized carbons (Fsp3) is 0.429. The minimum atomic E-state index is -0.278. The monoisotopic (exact) mass is 299 g/mol. The van der Waals surface area contributed by atoms with Gasteiger partial charge in [0.15, 0.2) is 11.6 Å². The van der Waals surface area contributed by atoms with E-state index in [1.807, 2.05) is 13.0 Å². The Labute approximate surface area is 128 Å². The lowest BCUT2D eigenvalue weighted by Crippen LogP contribution is -2.37. The van der Waals surface area contributed by atoms with Crippen molar-refractivity contribution >= 4 is 5.95 Å². The highest BCUT2D eigenvalue weighted by molar-refractivity contribution is 5.36. The zero-order valence-corrected chi connectivity index (χ0v) is 12.3. The molecule has 3 rings (SSSR count). The van der Waals surface area contributed by atoms with Gasteiger partial charge in [-0.05, 0) is 19.1 Å². The fourth-order valence-corrected chi connectivity index (χ4v) is 2.25. The molecule has 0 radical (unpaired) electrons. The van der Waals surface area contributed by atoms with E-state index >= 15 is 0 Å². The van der Waals surface area contributed by atoms with Gasteiger partial charge < -0.3 is 15.4 Å². The number of pyridine rings is 1. The van der Waals surface area contributed by atoms with Gasteiger partial charge in [-0.3, -0.25) is 0 Å². The van der Waals surface area contributed by atoms with Crippen LogP contribution in [0.25, 0.3) is 5.82 Å². The summed E-state index contributed by atoms with van der Waals surface area (Å²) in [7, 11) is 0. The van der Waals surface area contributed by atoms with Gasteiger partial charge in [-0.15, -0.1) is 5.10 Å². The van der Waals surface area contributed by atoms with Gasteiger partial charge in [0, 0.05) is 19.3 Å². The molecule has 2 aromatic heterocycles. The average Bonchev–Trinajstić information content (AvgIpc) is 3.01. The minimum Gasteiger partial charge on any atom is -0.378 e. The number of anilines is 1. The van der Waals surface area contributed by atoms with E-state index in [1.165, 1.54) is 6.20 Å². The Balaban J connectivity index is 1.97. The van der Waals surface area contributed by atoms with Crippen molar-refractivity contribution in [2.45, 2.75) is 13.0 Å². The molecule has 3 heterocycles. The minimum absolute atomic E-state index is 0.278. The van der Waals surface area contributed by atoms with E-state index in [4.69, 9.17) is 15.7 Å².